The Morgan fingerprint density at radius 2 is 1.76 bits per heavy atom. The van der Waals surface area contributed by atoms with Gasteiger partial charge >= 0.3 is 0 Å². The van der Waals surface area contributed by atoms with Crippen LogP contribution in [0.4, 0.5) is 0 Å². The molecule has 0 bridgehead atoms. The lowest BCUT2D eigenvalue weighted by molar-refractivity contribution is 0.282. The summed E-state index contributed by atoms with van der Waals surface area (Å²) in [7, 11) is 1.64. The third kappa shape index (κ3) is 2.66. The number of nitrogens with zero attached hydrogens (tertiary/aromatic N) is 2. The van der Waals surface area contributed by atoms with Crippen molar-refractivity contribution in [3.05, 3.63) is 66.4 Å². The van der Waals surface area contributed by atoms with Crippen molar-refractivity contribution < 1.29 is 9.84 Å². The van der Waals surface area contributed by atoms with E-state index in [1.165, 1.54) is 0 Å². The Balaban J connectivity index is 2.03. The van der Waals surface area contributed by atoms with Gasteiger partial charge in [-0.3, -0.25) is 0 Å². The standard InChI is InChI=1S/C17H16N2O2/c1-21-16-9-7-13(8-10-16)17-14(12-20)11-19(18-17)15-5-3-2-4-6-15/h2-11,20H,12H2,1H3. The fourth-order valence-electron chi connectivity index (χ4n) is 2.23. The van der Waals surface area contributed by atoms with Crippen LogP contribution < -0.4 is 4.74 Å². The molecule has 0 aliphatic carbocycles. The molecular weight excluding hydrogens is 264 g/mol. The Labute approximate surface area is 123 Å². The van der Waals surface area contributed by atoms with E-state index in [-0.39, 0.29) is 6.61 Å². The van der Waals surface area contributed by atoms with Gasteiger partial charge in [0.1, 0.15) is 5.75 Å². The quantitative estimate of drug-likeness (QED) is 0.799. The number of aromatic nitrogens is 2. The van der Waals surface area contributed by atoms with Crippen molar-refractivity contribution in [3.63, 3.8) is 0 Å². The summed E-state index contributed by atoms with van der Waals surface area (Å²) < 4.78 is 6.94. The van der Waals surface area contributed by atoms with Gasteiger partial charge in [0.15, 0.2) is 0 Å². The molecule has 4 nitrogen and oxygen atoms in total. The minimum atomic E-state index is -0.0474. The van der Waals surface area contributed by atoms with E-state index >= 15 is 0 Å². The summed E-state index contributed by atoms with van der Waals surface area (Å²) in [5, 5.41) is 14.2. The van der Waals surface area contributed by atoms with Crippen molar-refractivity contribution in [2.24, 2.45) is 0 Å². The van der Waals surface area contributed by atoms with Crippen molar-refractivity contribution in [1.82, 2.24) is 9.78 Å². The first kappa shape index (κ1) is 13.4. The number of aliphatic hydroxyl groups is 1. The first-order valence-electron chi connectivity index (χ1n) is 6.71. The molecule has 1 N–H and O–H groups in total. The van der Waals surface area contributed by atoms with Gasteiger partial charge in [-0.1, -0.05) is 18.2 Å². The smallest absolute Gasteiger partial charge is 0.118 e. The average molecular weight is 280 g/mol. The van der Waals surface area contributed by atoms with Crippen molar-refractivity contribution in [2.45, 2.75) is 6.61 Å². The SMILES string of the molecule is COc1ccc(-c2nn(-c3ccccc3)cc2CO)cc1. The zero-order valence-corrected chi connectivity index (χ0v) is 11.7. The van der Waals surface area contributed by atoms with Crippen molar-refractivity contribution in [2.75, 3.05) is 7.11 Å². The summed E-state index contributed by atoms with van der Waals surface area (Å²) in [5.41, 5.74) is 3.49. The van der Waals surface area contributed by atoms with Crippen LogP contribution in [0.3, 0.4) is 0 Å². The highest BCUT2D eigenvalue weighted by Gasteiger charge is 2.11. The Morgan fingerprint density at radius 3 is 2.38 bits per heavy atom. The summed E-state index contributed by atoms with van der Waals surface area (Å²) in [5.74, 6) is 0.798. The molecule has 1 aromatic heterocycles. The van der Waals surface area contributed by atoms with Crippen LogP contribution in [0.1, 0.15) is 5.56 Å². The highest BCUT2D eigenvalue weighted by molar-refractivity contribution is 5.64. The predicted octanol–water partition coefficient (Wildman–Crippen LogP) is 3.04. The lowest BCUT2D eigenvalue weighted by Crippen LogP contribution is -1.94. The Hall–Kier alpha value is -2.59. The van der Waals surface area contributed by atoms with E-state index in [0.717, 1.165) is 28.3 Å². The van der Waals surface area contributed by atoms with E-state index in [2.05, 4.69) is 5.10 Å². The number of hydrogen-bond donors (Lipinski definition) is 1. The maximum atomic E-state index is 9.56. The van der Waals surface area contributed by atoms with Gasteiger partial charge in [-0.15, -0.1) is 0 Å². The molecule has 3 aromatic rings. The van der Waals surface area contributed by atoms with E-state index in [1.54, 1.807) is 11.8 Å². The number of ether oxygens (including phenoxy) is 1. The van der Waals surface area contributed by atoms with E-state index in [4.69, 9.17) is 4.74 Å². The van der Waals surface area contributed by atoms with Gasteiger partial charge in [0.2, 0.25) is 0 Å². The van der Waals surface area contributed by atoms with Crippen molar-refractivity contribution >= 4 is 0 Å². The molecule has 0 amide bonds. The number of benzene rings is 2. The van der Waals surface area contributed by atoms with Gasteiger partial charge in [-0.05, 0) is 36.4 Å². The van der Waals surface area contributed by atoms with E-state index in [1.807, 2.05) is 60.8 Å². The van der Waals surface area contributed by atoms with Gasteiger partial charge in [0, 0.05) is 17.3 Å². The summed E-state index contributed by atoms with van der Waals surface area (Å²) in [6.07, 6.45) is 1.86. The molecule has 0 spiro atoms. The fraction of sp³-hybridized carbons (Fsp3) is 0.118. The van der Waals surface area contributed by atoms with Crippen LogP contribution in [0.2, 0.25) is 0 Å². The molecule has 0 saturated heterocycles. The van der Waals surface area contributed by atoms with Gasteiger partial charge in [0.25, 0.3) is 0 Å². The van der Waals surface area contributed by atoms with Crippen LogP contribution in [-0.4, -0.2) is 22.0 Å². The predicted molar refractivity (Wildman–Crippen MR) is 81.5 cm³/mol. The van der Waals surface area contributed by atoms with Crippen molar-refractivity contribution in [1.29, 1.82) is 0 Å². The van der Waals surface area contributed by atoms with E-state index < -0.39 is 0 Å². The first-order valence-corrected chi connectivity index (χ1v) is 6.71. The molecule has 0 radical (unpaired) electrons. The number of aliphatic hydroxyl groups excluding tert-OH is 1. The summed E-state index contributed by atoms with van der Waals surface area (Å²) in [6.45, 7) is -0.0474. The molecule has 106 valence electrons. The monoisotopic (exact) mass is 280 g/mol. The van der Waals surface area contributed by atoms with E-state index in [0.29, 0.717) is 0 Å². The normalized spacial score (nSPS) is 10.6. The maximum absolute atomic E-state index is 9.56. The van der Waals surface area contributed by atoms with Crippen LogP contribution in [-0.2, 0) is 6.61 Å². The van der Waals surface area contributed by atoms with Gasteiger partial charge < -0.3 is 9.84 Å². The molecule has 3 rings (SSSR count). The Bertz CT molecular complexity index is 718. The molecule has 0 aliphatic rings. The summed E-state index contributed by atoms with van der Waals surface area (Å²) in [4.78, 5) is 0. The topological polar surface area (TPSA) is 47.3 Å². The lowest BCUT2D eigenvalue weighted by atomic mass is 10.1. The van der Waals surface area contributed by atoms with Gasteiger partial charge in [-0.25, -0.2) is 4.68 Å². The number of hydrogen-bond acceptors (Lipinski definition) is 3. The largest absolute Gasteiger partial charge is 0.497 e. The second-order valence-electron chi connectivity index (χ2n) is 4.67. The van der Waals surface area contributed by atoms with Crippen LogP contribution in [0, 0.1) is 0 Å². The van der Waals surface area contributed by atoms with Crippen LogP contribution in [0.25, 0.3) is 16.9 Å². The zero-order chi connectivity index (χ0) is 14.7. The van der Waals surface area contributed by atoms with Crippen LogP contribution in [0.5, 0.6) is 5.75 Å². The van der Waals surface area contributed by atoms with Gasteiger partial charge in [0.05, 0.1) is 25.1 Å². The van der Waals surface area contributed by atoms with Gasteiger partial charge in [-0.2, -0.15) is 5.10 Å². The molecular formula is C17H16N2O2. The highest BCUT2D eigenvalue weighted by atomic mass is 16.5. The number of para-hydroxylation sites is 1. The second kappa shape index (κ2) is 5.81. The third-order valence-corrected chi connectivity index (χ3v) is 3.34. The first-order chi connectivity index (χ1) is 10.3. The molecule has 0 fully saturated rings. The molecule has 0 aliphatic heterocycles. The minimum Gasteiger partial charge on any atom is -0.497 e. The second-order valence-corrected chi connectivity index (χ2v) is 4.67. The fourth-order valence-corrected chi connectivity index (χ4v) is 2.23. The molecule has 0 unspecified atom stereocenters. The third-order valence-electron chi connectivity index (χ3n) is 3.34. The van der Waals surface area contributed by atoms with Crippen LogP contribution in [0.15, 0.2) is 60.8 Å². The van der Waals surface area contributed by atoms with Crippen LogP contribution >= 0.6 is 0 Å². The molecule has 4 heteroatoms. The molecule has 21 heavy (non-hydrogen) atoms. The number of rotatable bonds is 4. The summed E-state index contributed by atoms with van der Waals surface area (Å²) >= 11 is 0. The molecule has 2 aromatic carbocycles. The number of methoxy groups -OCH3 is 1. The minimum absolute atomic E-state index is 0.0474. The lowest BCUT2D eigenvalue weighted by Gasteiger charge is -2.02. The van der Waals surface area contributed by atoms with E-state index in [9.17, 15) is 5.11 Å². The Kier molecular flexibility index (Phi) is 3.71. The molecule has 0 saturated carbocycles. The maximum Gasteiger partial charge on any atom is 0.118 e. The van der Waals surface area contributed by atoms with Crippen molar-refractivity contribution in [3.8, 4) is 22.7 Å². The average Bonchev–Trinajstić information content (AvgIpc) is 3.00. The molecule has 1 heterocycles. The Morgan fingerprint density at radius 1 is 1.05 bits per heavy atom. The molecule has 0 atom stereocenters. The summed E-state index contributed by atoms with van der Waals surface area (Å²) in [6, 6.07) is 17.5. The zero-order valence-electron chi connectivity index (χ0n) is 11.7. The highest BCUT2D eigenvalue weighted by Crippen LogP contribution is 2.25.